The molecule has 1 unspecified atom stereocenters. The highest BCUT2D eigenvalue weighted by Gasteiger charge is 2.26. The molecule has 0 spiro atoms. The van der Waals surface area contributed by atoms with Gasteiger partial charge in [0.2, 0.25) is 0 Å². The van der Waals surface area contributed by atoms with Crippen LogP contribution in [0.25, 0.3) is 0 Å². The number of hydrazine groups is 1. The largest absolute Gasteiger partial charge is 0.444 e. The monoisotopic (exact) mass is 347 g/mol. The number of hydrogen-bond acceptors (Lipinski definition) is 6. The SMILES string of the molecule is CC(C)(C)OC(=O)NCC1CCC(c2cnc3c(c2)C(N)NN3)CC1. The van der Waals surface area contributed by atoms with Gasteiger partial charge in [-0.05, 0) is 69.9 Å². The predicted octanol–water partition coefficient (Wildman–Crippen LogP) is 2.77. The number of nitrogens with zero attached hydrogens (tertiary/aromatic N) is 1. The first-order valence-electron chi connectivity index (χ1n) is 9.05. The minimum atomic E-state index is -0.452. The molecular formula is C18H29N5O2. The van der Waals surface area contributed by atoms with Crippen LogP contribution in [0.5, 0.6) is 0 Å². The van der Waals surface area contributed by atoms with Gasteiger partial charge >= 0.3 is 6.09 Å². The van der Waals surface area contributed by atoms with Crippen LogP contribution < -0.4 is 21.9 Å². The first kappa shape index (κ1) is 17.9. The number of nitrogens with one attached hydrogen (secondary N) is 3. The van der Waals surface area contributed by atoms with Crippen molar-refractivity contribution < 1.29 is 9.53 Å². The number of carbonyl (C=O) groups is 1. The molecule has 25 heavy (non-hydrogen) atoms. The number of ether oxygens (including phenoxy) is 1. The predicted molar refractivity (Wildman–Crippen MR) is 96.9 cm³/mol. The van der Waals surface area contributed by atoms with Crippen LogP contribution >= 0.6 is 0 Å². The summed E-state index contributed by atoms with van der Waals surface area (Å²) >= 11 is 0. The van der Waals surface area contributed by atoms with E-state index in [0.29, 0.717) is 18.4 Å². The van der Waals surface area contributed by atoms with Crippen molar-refractivity contribution in [2.75, 3.05) is 12.0 Å². The Kier molecular flexibility index (Phi) is 5.15. The Balaban J connectivity index is 1.48. The summed E-state index contributed by atoms with van der Waals surface area (Å²) in [6.45, 7) is 6.31. The van der Waals surface area contributed by atoms with E-state index in [1.54, 1.807) is 0 Å². The van der Waals surface area contributed by atoms with Crippen molar-refractivity contribution >= 4 is 11.9 Å². The fraction of sp³-hybridized carbons (Fsp3) is 0.667. The number of hydrogen-bond donors (Lipinski definition) is 4. The molecule has 1 aliphatic heterocycles. The molecule has 1 saturated carbocycles. The Morgan fingerprint density at radius 3 is 2.76 bits per heavy atom. The Hall–Kier alpha value is -1.86. The van der Waals surface area contributed by atoms with E-state index >= 15 is 0 Å². The lowest BCUT2D eigenvalue weighted by Crippen LogP contribution is -2.36. The zero-order valence-corrected chi connectivity index (χ0v) is 15.3. The highest BCUT2D eigenvalue weighted by molar-refractivity contribution is 5.67. The number of alkyl carbamates (subject to hydrolysis) is 1. The van der Waals surface area contributed by atoms with E-state index in [9.17, 15) is 4.79 Å². The molecule has 0 radical (unpaired) electrons. The van der Waals surface area contributed by atoms with E-state index in [2.05, 4.69) is 27.2 Å². The number of rotatable bonds is 3. The van der Waals surface area contributed by atoms with Gasteiger partial charge in [-0.1, -0.05) is 0 Å². The summed E-state index contributed by atoms with van der Waals surface area (Å²) < 4.78 is 5.29. The van der Waals surface area contributed by atoms with Crippen LogP contribution in [0.15, 0.2) is 12.3 Å². The number of carbonyl (C=O) groups excluding carboxylic acids is 1. The summed E-state index contributed by atoms with van der Waals surface area (Å²) in [7, 11) is 0. The van der Waals surface area contributed by atoms with E-state index < -0.39 is 5.60 Å². The van der Waals surface area contributed by atoms with Crippen LogP contribution in [0.4, 0.5) is 10.6 Å². The zero-order valence-electron chi connectivity index (χ0n) is 15.3. The van der Waals surface area contributed by atoms with E-state index in [1.165, 1.54) is 5.56 Å². The maximum Gasteiger partial charge on any atom is 0.407 e. The Labute approximate surface area is 149 Å². The maximum absolute atomic E-state index is 11.8. The van der Waals surface area contributed by atoms with Gasteiger partial charge in [-0.2, -0.15) is 0 Å². The van der Waals surface area contributed by atoms with Crippen molar-refractivity contribution in [1.82, 2.24) is 15.7 Å². The highest BCUT2D eigenvalue weighted by atomic mass is 16.6. The van der Waals surface area contributed by atoms with Gasteiger partial charge in [-0.15, -0.1) is 0 Å². The maximum atomic E-state index is 11.8. The molecule has 1 aromatic rings. The van der Waals surface area contributed by atoms with Crippen LogP contribution in [0.3, 0.4) is 0 Å². The van der Waals surface area contributed by atoms with Crippen molar-refractivity contribution in [3.8, 4) is 0 Å². The van der Waals surface area contributed by atoms with Gasteiger partial charge in [0.05, 0.1) is 0 Å². The summed E-state index contributed by atoms with van der Waals surface area (Å²) in [5.74, 6) is 1.85. The number of anilines is 1. The smallest absolute Gasteiger partial charge is 0.407 e. The average molecular weight is 347 g/mol. The molecule has 138 valence electrons. The fourth-order valence-corrected chi connectivity index (χ4v) is 3.53. The molecule has 1 fully saturated rings. The van der Waals surface area contributed by atoms with Gasteiger partial charge in [0.25, 0.3) is 0 Å². The van der Waals surface area contributed by atoms with Gasteiger partial charge in [-0.25, -0.2) is 15.2 Å². The molecule has 2 heterocycles. The summed E-state index contributed by atoms with van der Waals surface area (Å²) in [5.41, 5.74) is 13.8. The van der Waals surface area contributed by atoms with Gasteiger partial charge in [0.15, 0.2) is 0 Å². The number of aromatic nitrogens is 1. The summed E-state index contributed by atoms with van der Waals surface area (Å²) in [5, 5.41) is 2.90. The molecule has 1 amide bonds. The van der Waals surface area contributed by atoms with E-state index in [-0.39, 0.29) is 12.3 Å². The number of fused-ring (bicyclic) bond motifs is 1. The topological polar surface area (TPSA) is 101 Å². The molecule has 0 aromatic carbocycles. The Bertz CT molecular complexity index is 620. The van der Waals surface area contributed by atoms with Crippen molar-refractivity contribution in [1.29, 1.82) is 0 Å². The first-order valence-corrected chi connectivity index (χ1v) is 9.05. The third-order valence-corrected chi connectivity index (χ3v) is 4.87. The lowest BCUT2D eigenvalue weighted by molar-refractivity contribution is 0.0514. The van der Waals surface area contributed by atoms with Crippen LogP contribution in [0.2, 0.25) is 0 Å². The second-order valence-corrected chi connectivity index (χ2v) is 8.05. The van der Waals surface area contributed by atoms with E-state index in [0.717, 1.165) is 37.1 Å². The van der Waals surface area contributed by atoms with E-state index in [1.807, 2.05) is 27.0 Å². The second-order valence-electron chi connectivity index (χ2n) is 8.05. The van der Waals surface area contributed by atoms with Gasteiger partial charge in [-0.3, -0.25) is 0 Å². The van der Waals surface area contributed by atoms with Crippen molar-refractivity contribution in [2.45, 2.75) is 64.1 Å². The molecule has 2 aliphatic rings. The Morgan fingerprint density at radius 1 is 1.36 bits per heavy atom. The lowest BCUT2D eigenvalue weighted by Gasteiger charge is -2.29. The molecule has 5 N–H and O–H groups in total. The molecule has 7 heteroatoms. The second kappa shape index (κ2) is 7.17. The number of amides is 1. The normalized spacial score (nSPS) is 25.8. The third kappa shape index (κ3) is 4.61. The van der Waals surface area contributed by atoms with Crippen LogP contribution in [0, 0.1) is 5.92 Å². The third-order valence-electron chi connectivity index (χ3n) is 4.87. The van der Waals surface area contributed by atoms with Gasteiger partial charge < -0.3 is 21.2 Å². The van der Waals surface area contributed by atoms with Gasteiger partial charge in [0.1, 0.15) is 17.6 Å². The van der Waals surface area contributed by atoms with Crippen molar-refractivity contribution in [3.63, 3.8) is 0 Å². The van der Waals surface area contributed by atoms with Gasteiger partial charge in [0, 0.05) is 18.3 Å². The average Bonchev–Trinajstić information content (AvgIpc) is 2.93. The van der Waals surface area contributed by atoms with Crippen molar-refractivity contribution in [3.05, 3.63) is 23.4 Å². The van der Waals surface area contributed by atoms with Crippen LogP contribution in [-0.4, -0.2) is 23.2 Å². The van der Waals surface area contributed by atoms with Crippen LogP contribution in [0.1, 0.15) is 69.7 Å². The molecule has 1 atom stereocenters. The Morgan fingerprint density at radius 2 is 2.08 bits per heavy atom. The molecule has 1 aromatic heterocycles. The number of nitrogens with two attached hydrogens (primary N) is 1. The standard InChI is InChI=1S/C18H29N5O2/c1-18(2,3)25-17(24)21-9-11-4-6-12(7-5-11)13-8-14-15(19)22-23-16(14)20-10-13/h8,10-12,15,22H,4-7,9,19H2,1-3H3,(H,20,23)(H,21,24). The summed E-state index contributed by atoms with van der Waals surface area (Å²) in [6.07, 6.45) is 5.84. The summed E-state index contributed by atoms with van der Waals surface area (Å²) in [4.78, 5) is 16.2. The molecular weight excluding hydrogens is 318 g/mol. The van der Waals surface area contributed by atoms with E-state index in [4.69, 9.17) is 10.5 Å². The minimum absolute atomic E-state index is 0.197. The fourth-order valence-electron chi connectivity index (χ4n) is 3.53. The zero-order chi connectivity index (χ0) is 18.0. The van der Waals surface area contributed by atoms with Crippen LogP contribution in [-0.2, 0) is 4.74 Å². The summed E-state index contributed by atoms with van der Waals surface area (Å²) in [6, 6.07) is 2.17. The van der Waals surface area contributed by atoms with Crippen molar-refractivity contribution in [2.24, 2.45) is 11.7 Å². The molecule has 7 nitrogen and oxygen atoms in total. The quantitative estimate of drug-likeness (QED) is 0.671. The number of pyridine rings is 1. The molecule has 0 saturated heterocycles. The first-order chi connectivity index (χ1) is 11.8. The molecule has 1 aliphatic carbocycles. The minimum Gasteiger partial charge on any atom is -0.444 e. The molecule has 3 rings (SSSR count). The lowest BCUT2D eigenvalue weighted by atomic mass is 9.79. The highest BCUT2D eigenvalue weighted by Crippen LogP contribution is 2.37. The molecule has 0 bridgehead atoms.